The summed E-state index contributed by atoms with van der Waals surface area (Å²) in [6.45, 7) is 0.0117. The van der Waals surface area contributed by atoms with E-state index in [-0.39, 0.29) is 23.8 Å². The van der Waals surface area contributed by atoms with Crippen LogP contribution in [0.3, 0.4) is 0 Å². The molecule has 0 bridgehead atoms. The summed E-state index contributed by atoms with van der Waals surface area (Å²) in [5.74, 6) is -0.286. The summed E-state index contributed by atoms with van der Waals surface area (Å²) in [6, 6.07) is 12.9. The number of amides is 1. The minimum atomic E-state index is -3.62. The van der Waals surface area contributed by atoms with E-state index in [4.69, 9.17) is 11.6 Å². The molecule has 2 rings (SSSR count). The highest BCUT2D eigenvalue weighted by molar-refractivity contribution is 9.10. The van der Waals surface area contributed by atoms with Gasteiger partial charge in [-0.05, 0) is 48.5 Å². The average molecular weight is 418 g/mol. The zero-order valence-electron chi connectivity index (χ0n) is 11.9. The first-order valence-electron chi connectivity index (χ1n) is 6.67. The van der Waals surface area contributed by atoms with Crippen LogP contribution in [0.2, 0.25) is 5.02 Å². The van der Waals surface area contributed by atoms with E-state index in [0.717, 1.165) is 4.47 Å². The molecule has 0 spiro atoms. The first-order valence-corrected chi connectivity index (χ1v) is 9.33. The van der Waals surface area contributed by atoms with Gasteiger partial charge in [0.15, 0.2) is 0 Å². The lowest BCUT2D eigenvalue weighted by atomic mass is 10.3. The van der Waals surface area contributed by atoms with Crippen LogP contribution < -0.4 is 10.0 Å². The van der Waals surface area contributed by atoms with Gasteiger partial charge in [-0.15, -0.1) is 0 Å². The topological polar surface area (TPSA) is 75.3 Å². The van der Waals surface area contributed by atoms with Crippen molar-refractivity contribution in [3.63, 3.8) is 0 Å². The SMILES string of the molecule is O=C(CCNS(=O)(=O)c1ccc(Br)cc1)Nc1ccc(Cl)cc1. The van der Waals surface area contributed by atoms with Crippen molar-refractivity contribution in [2.45, 2.75) is 11.3 Å². The van der Waals surface area contributed by atoms with Gasteiger partial charge in [0.1, 0.15) is 0 Å². The molecular formula is C15H14BrClN2O3S. The second kappa shape index (κ2) is 7.92. The van der Waals surface area contributed by atoms with Crippen molar-refractivity contribution in [2.75, 3.05) is 11.9 Å². The minimum Gasteiger partial charge on any atom is -0.326 e. The van der Waals surface area contributed by atoms with Crippen LogP contribution in [-0.4, -0.2) is 20.9 Å². The molecule has 23 heavy (non-hydrogen) atoms. The molecule has 0 fully saturated rings. The van der Waals surface area contributed by atoms with Gasteiger partial charge in [0.2, 0.25) is 15.9 Å². The van der Waals surface area contributed by atoms with Crippen LogP contribution in [0.1, 0.15) is 6.42 Å². The molecule has 8 heteroatoms. The van der Waals surface area contributed by atoms with Gasteiger partial charge in [-0.25, -0.2) is 13.1 Å². The van der Waals surface area contributed by atoms with Gasteiger partial charge in [0, 0.05) is 28.1 Å². The molecule has 0 aliphatic carbocycles. The standard InChI is InChI=1S/C15H14BrClN2O3S/c16-11-1-7-14(8-2-11)23(21,22)18-10-9-15(20)19-13-5-3-12(17)4-6-13/h1-8,18H,9-10H2,(H,19,20). The quantitative estimate of drug-likeness (QED) is 0.756. The van der Waals surface area contributed by atoms with Gasteiger partial charge >= 0.3 is 0 Å². The van der Waals surface area contributed by atoms with Crippen molar-refractivity contribution in [3.05, 3.63) is 58.0 Å². The number of hydrogen-bond acceptors (Lipinski definition) is 3. The predicted octanol–water partition coefficient (Wildman–Crippen LogP) is 3.41. The molecule has 0 aliphatic rings. The minimum absolute atomic E-state index is 0.0117. The first-order chi connectivity index (χ1) is 10.9. The molecule has 2 aromatic rings. The first kappa shape index (κ1) is 17.9. The lowest BCUT2D eigenvalue weighted by Crippen LogP contribution is -2.27. The number of benzene rings is 2. The summed E-state index contributed by atoms with van der Waals surface area (Å²) in [5.41, 5.74) is 0.607. The molecular weight excluding hydrogens is 404 g/mol. The molecule has 2 N–H and O–H groups in total. The fraction of sp³-hybridized carbons (Fsp3) is 0.133. The van der Waals surface area contributed by atoms with Crippen LogP contribution in [0.25, 0.3) is 0 Å². The highest BCUT2D eigenvalue weighted by Gasteiger charge is 2.13. The van der Waals surface area contributed by atoms with Crippen LogP contribution >= 0.6 is 27.5 Å². The van der Waals surface area contributed by atoms with E-state index in [1.165, 1.54) is 12.1 Å². The molecule has 2 aromatic carbocycles. The summed E-state index contributed by atoms with van der Waals surface area (Å²) < 4.78 is 27.3. The van der Waals surface area contributed by atoms with Crippen molar-refractivity contribution < 1.29 is 13.2 Å². The Kier molecular flexibility index (Phi) is 6.17. The predicted molar refractivity (Wildman–Crippen MR) is 94.0 cm³/mol. The van der Waals surface area contributed by atoms with Crippen molar-refractivity contribution in [3.8, 4) is 0 Å². The normalized spacial score (nSPS) is 11.2. The van der Waals surface area contributed by atoms with Crippen LogP contribution in [0, 0.1) is 0 Å². The monoisotopic (exact) mass is 416 g/mol. The molecule has 1 amide bonds. The highest BCUT2D eigenvalue weighted by Crippen LogP contribution is 2.15. The molecule has 0 aliphatic heterocycles. The Bertz CT molecular complexity index is 777. The summed E-state index contributed by atoms with van der Waals surface area (Å²) in [7, 11) is -3.62. The number of sulfonamides is 1. The maximum absolute atomic E-state index is 12.0. The molecule has 0 unspecified atom stereocenters. The molecule has 0 radical (unpaired) electrons. The van der Waals surface area contributed by atoms with Crippen LogP contribution in [0.15, 0.2) is 57.9 Å². The van der Waals surface area contributed by atoms with Crippen LogP contribution in [-0.2, 0) is 14.8 Å². The lowest BCUT2D eigenvalue weighted by molar-refractivity contribution is -0.116. The Balaban J connectivity index is 1.85. The smallest absolute Gasteiger partial charge is 0.240 e. The highest BCUT2D eigenvalue weighted by atomic mass is 79.9. The van der Waals surface area contributed by atoms with E-state index in [9.17, 15) is 13.2 Å². The Hall–Kier alpha value is -1.41. The summed E-state index contributed by atoms with van der Waals surface area (Å²) in [6.07, 6.45) is 0.0262. The van der Waals surface area contributed by atoms with Gasteiger partial charge in [-0.1, -0.05) is 27.5 Å². The van der Waals surface area contributed by atoms with E-state index < -0.39 is 10.0 Å². The summed E-state index contributed by atoms with van der Waals surface area (Å²) in [4.78, 5) is 11.9. The van der Waals surface area contributed by atoms with Gasteiger partial charge in [0.25, 0.3) is 0 Å². The zero-order valence-corrected chi connectivity index (χ0v) is 15.1. The second-order valence-corrected chi connectivity index (χ2v) is 7.78. The third kappa shape index (κ3) is 5.62. The van der Waals surface area contributed by atoms with Gasteiger partial charge in [-0.3, -0.25) is 4.79 Å². The molecule has 5 nitrogen and oxygen atoms in total. The van der Waals surface area contributed by atoms with E-state index in [2.05, 4.69) is 26.0 Å². The fourth-order valence-electron chi connectivity index (χ4n) is 1.75. The van der Waals surface area contributed by atoms with E-state index in [0.29, 0.717) is 10.7 Å². The number of carbonyl (C=O) groups excluding carboxylic acids is 1. The third-order valence-corrected chi connectivity index (χ3v) is 5.15. The van der Waals surface area contributed by atoms with E-state index >= 15 is 0 Å². The van der Waals surface area contributed by atoms with Crippen LogP contribution in [0.4, 0.5) is 5.69 Å². The molecule has 0 saturated carbocycles. The van der Waals surface area contributed by atoms with Crippen molar-refractivity contribution >= 4 is 49.1 Å². The number of rotatable bonds is 6. The Morgan fingerprint density at radius 1 is 1.04 bits per heavy atom. The average Bonchev–Trinajstić information content (AvgIpc) is 2.50. The Labute approximate surface area is 148 Å². The molecule has 0 atom stereocenters. The number of nitrogens with one attached hydrogen (secondary N) is 2. The zero-order chi connectivity index (χ0) is 16.9. The van der Waals surface area contributed by atoms with Gasteiger partial charge < -0.3 is 5.32 Å². The molecule has 0 aromatic heterocycles. The van der Waals surface area contributed by atoms with Crippen molar-refractivity contribution in [1.29, 1.82) is 0 Å². The maximum atomic E-state index is 12.0. The fourth-order valence-corrected chi connectivity index (χ4v) is 3.17. The largest absolute Gasteiger partial charge is 0.326 e. The lowest BCUT2D eigenvalue weighted by Gasteiger charge is -2.08. The number of anilines is 1. The molecule has 0 heterocycles. The Morgan fingerprint density at radius 3 is 2.26 bits per heavy atom. The summed E-state index contributed by atoms with van der Waals surface area (Å²) >= 11 is 9.00. The van der Waals surface area contributed by atoms with Gasteiger partial charge in [0.05, 0.1) is 4.90 Å². The van der Waals surface area contributed by atoms with Crippen LogP contribution in [0.5, 0.6) is 0 Å². The van der Waals surface area contributed by atoms with E-state index in [1.54, 1.807) is 36.4 Å². The summed E-state index contributed by atoms with van der Waals surface area (Å²) in [5, 5.41) is 3.24. The third-order valence-electron chi connectivity index (χ3n) is 2.90. The molecule has 122 valence electrons. The second-order valence-electron chi connectivity index (χ2n) is 4.66. The number of hydrogen-bond donors (Lipinski definition) is 2. The van der Waals surface area contributed by atoms with Crippen molar-refractivity contribution in [2.24, 2.45) is 0 Å². The van der Waals surface area contributed by atoms with Crippen molar-refractivity contribution in [1.82, 2.24) is 4.72 Å². The van der Waals surface area contributed by atoms with Gasteiger partial charge in [-0.2, -0.15) is 0 Å². The number of halogens is 2. The molecule has 0 saturated heterocycles. The maximum Gasteiger partial charge on any atom is 0.240 e. The Morgan fingerprint density at radius 2 is 1.65 bits per heavy atom. The number of carbonyl (C=O) groups is 1. The van der Waals surface area contributed by atoms with E-state index in [1.807, 2.05) is 0 Å².